The summed E-state index contributed by atoms with van der Waals surface area (Å²) in [6.45, 7) is 4.55. The number of hydrogen-bond acceptors (Lipinski definition) is 4. The highest BCUT2D eigenvalue weighted by Gasteiger charge is 2.13. The van der Waals surface area contributed by atoms with E-state index in [0.29, 0.717) is 25.2 Å². The van der Waals surface area contributed by atoms with Crippen LogP contribution in [0, 0.1) is 13.8 Å². The molecular formula is C30H31NO4S. The molecular weight excluding hydrogens is 470 g/mol. The zero-order valence-corrected chi connectivity index (χ0v) is 21.4. The summed E-state index contributed by atoms with van der Waals surface area (Å²) in [4.78, 5) is 2.20. The van der Waals surface area contributed by atoms with Crippen LogP contribution in [0.25, 0.3) is 11.1 Å². The molecule has 4 rings (SSSR count). The second-order valence-electron chi connectivity index (χ2n) is 8.92. The molecule has 4 aromatic carbocycles. The second-order valence-corrected chi connectivity index (χ2v) is 10.5. The molecule has 0 aliphatic heterocycles. The van der Waals surface area contributed by atoms with Gasteiger partial charge >= 0.3 is 0 Å². The maximum Gasteiger partial charge on any atom is 0.264 e. The Hall–Kier alpha value is -3.61. The molecule has 0 saturated carbocycles. The summed E-state index contributed by atoms with van der Waals surface area (Å²) < 4.78 is 36.3. The average Bonchev–Trinajstić information content (AvgIpc) is 2.86. The molecule has 186 valence electrons. The van der Waals surface area contributed by atoms with Crippen LogP contribution in [0.15, 0.2) is 97.1 Å². The quantitative estimate of drug-likeness (QED) is 0.180. The van der Waals surface area contributed by atoms with Gasteiger partial charge in [0.15, 0.2) is 0 Å². The van der Waals surface area contributed by atoms with E-state index in [4.69, 9.17) is 9.29 Å². The van der Waals surface area contributed by atoms with E-state index < -0.39 is 10.1 Å². The van der Waals surface area contributed by atoms with Crippen LogP contribution in [0.1, 0.15) is 24.0 Å². The van der Waals surface area contributed by atoms with Gasteiger partial charge in [-0.05, 0) is 86.3 Å². The maximum absolute atomic E-state index is 10.8. The molecule has 0 bridgehead atoms. The summed E-state index contributed by atoms with van der Waals surface area (Å²) in [5.74, 6) is 0.466. The van der Waals surface area contributed by atoms with Gasteiger partial charge in [0, 0.05) is 17.1 Å². The summed E-state index contributed by atoms with van der Waals surface area (Å²) >= 11 is 0. The van der Waals surface area contributed by atoms with Crippen LogP contribution in [0.2, 0.25) is 0 Å². The van der Waals surface area contributed by atoms with Crippen molar-refractivity contribution in [2.24, 2.45) is 0 Å². The number of hydrogen-bond donors (Lipinski definition) is 1. The van der Waals surface area contributed by atoms with Gasteiger partial charge in [-0.2, -0.15) is 8.42 Å². The van der Waals surface area contributed by atoms with Gasteiger partial charge in [-0.1, -0.05) is 59.7 Å². The minimum Gasteiger partial charge on any atom is -0.494 e. The number of rotatable bonds is 10. The average molecular weight is 502 g/mol. The first-order valence-electron chi connectivity index (χ1n) is 12.0. The Morgan fingerprint density at radius 1 is 0.639 bits per heavy atom. The first kappa shape index (κ1) is 25.5. The first-order valence-corrected chi connectivity index (χ1v) is 13.6. The molecule has 5 nitrogen and oxygen atoms in total. The second kappa shape index (κ2) is 11.4. The number of anilines is 3. The number of unbranched alkanes of at least 4 members (excludes halogenated alkanes) is 1. The molecule has 0 aliphatic carbocycles. The van der Waals surface area contributed by atoms with E-state index >= 15 is 0 Å². The molecule has 4 aromatic rings. The van der Waals surface area contributed by atoms with Gasteiger partial charge in [-0.15, -0.1) is 0 Å². The van der Waals surface area contributed by atoms with Crippen molar-refractivity contribution in [1.29, 1.82) is 0 Å². The SMILES string of the molecule is Cc1ccc(-c2ccc(N(c3ccc(C)cc3)c3ccc(OCCCCS(=O)(=O)O)cc3)cc2)cc1. The smallest absolute Gasteiger partial charge is 0.264 e. The third kappa shape index (κ3) is 6.97. The fourth-order valence-corrected chi connectivity index (χ4v) is 4.53. The Bertz CT molecular complexity index is 1360. The van der Waals surface area contributed by atoms with Crippen LogP contribution in [-0.2, 0) is 10.1 Å². The molecule has 1 N–H and O–H groups in total. The molecule has 0 unspecified atom stereocenters. The third-order valence-electron chi connectivity index (χ3n) is 5.96. The van der Waals surface area contributed by atoms with E-state index in [2.05, 4.69) is 91.5 Å². The Kier molecular flexibility index (Phi) is 8.08. The van der Waals surface area contributed by atoms with Crippen LogP contribution < -0.4 is 9.64 Å². The standard InChI is InChI=1S/C30H31NO4S/c1-23-5-9-25(10-6-23)26-11-15-28(16-12-26)31(27-13-7-24(2)8-14-27)29-17-19-30(20-18-29)35-21-3-4-22-36(32,33)34/h5-20H,3-4,21-22H2,1-2H3,(H,32,33,34). The van der Waals surface area contributed by atoms with E-state index in [9.17, 15) is 8.42 Å². The van der Waals surface area contributed by atoms with Gasteiger partial charge in [0.2, 0.25) is 0 Å². The van der Waals surface area contributed by atoms with E-state index in [1.54, 1.807) is 0 Å². The predicted molar refractivity (Wildman–Crippen MR) is 147 cm³/mol. The molecule has 0 radical (unpaired) electrons. The van der Waals surface area contributed by atoms with E-state index in [1.807, 2.05) is 24.3 Å². The molecule has 0 aromatic heterocycles. The van der Waals surface area contributed by atoms with E-state index in [-0.39, 0.29) is 5.75 Å². The van der Waals surface area contributed by atoms with Crippen molar-refractivity contribution in [3.05, 3.63) is 108 Å². The maximum atomic E-state index is 10.8. The fourth-order valence-electron chi connectivity index (χ4n) is 3.96. The fraction of sp³-hybridized carbons (Fsp3) is 0.200. The number of nitrogens with zero attached hydrogens (tertiary/aromatic N) is 1. The Balaban J connectivity index is 1.53. The van der Waals surface area contributed by atoms with Crippen LogP contribution in [0.4, 0.5) is 17.1 Å². The lowest BCUT2D eigenvalue weighted by Crippen LogP contribution is -2.10. The van der Waals surface area contributed by atoms with Gasteiger partial charge in [-0.3, -0.25) is 4.55 Å². The summed E-state index contributed by atoms with van der Waals surface area (Å²) in [5.41, 5.74) is 7.90. The summed E-state index contributed by atoms with van der Waals surface area (Å²) in [5, 5.41) is 0. The van der Waals surface area contributed by atoms with Gasteiger partial charge in [0.05, 0.1) is 12.4 Å². The van der Waals surface area contributed by atoms with Crippen LogP contribution in [0.5, 0.6) is 5.75 Å². The predicted octanol–water partition coefficient (Wildman–Crippen LogP) is 7.49. The molecule has 0 saturated heterocycles. The van der Waals surface area contributed by atoms with Crippen molar-refractivity contribution < 1.29 is 17.7 Å². The zero-order chi connectivity index (χ0) is 25.5. The molecule has 0 amide bonds. The Morgan fingerprint density at radius 3 is 1.56 bits per heavy atom. The van der Waals surface area contributed by atoms with Crippen molar-refractivity contribution in [2.75, 3.05) is 17.3 Å². The minimum atomic E-state index is -3.92. The van der Waals surface area contributed by atoms with Crippen molar-refractivity contribution in [3.8, 4) is 16.9 Å². The first-order chi connectivity index (χ1) is 17.3. The highest BCUT2D eigenvalue weighted by atomic mass is 32.2. The Labute approximate surface area is 213 Å². The molecule has 0 spiro atoms. The lowest BCUT2D eigenvalue weighted by Gasteiger charge is -2.26. The van der Waals surface area contributed by atoms with Gasteiger partial charge in [-0.25, -0.2) is 0 Å². The number of ether oxygens (including phenoxy) is 1. The van der Waals surface area contributed by atoms with E-state index in [0.717, 1.165) is 17.1 Å². The number of benzene rings is 4. The topological polar surface area (TPSA) is 66.8 Å². The Morgan fingerprint density at radius 2 is 1.06 bits per heavy atom. The molecule has 0 atom stereocenters. The highest BCUT2D eigenvalue weighted by Crippen LogP contribution is 2.36. The molecule has 36 heavy (non-hydrogen) atoms. The molecule has 0 aliphatic rings. The van der Waals surface area contributed by atoms with Crippen molar-refractivity contribution in [3.63, 3.8) is 0 Å². The number of aryl methyl sites for hydroxylation is 2. The minimum absolute atomic E-state index is 0.247. The summed E-state index contributed by atoms with van der Waals surface area (Å²) in [6.07, 6.45) is 0.904. The lowest BCUT2D eigenvalue weighted by molar-refractivity contribution is 0.309. The largest absolute Gasteiger partial charge is 0.494 e. The van der Waals surface area contributed by atoms with Crippen molar-refractivity contribution in [2.45, 2.75) is 26.7 Å². The zero-order valence-electron chi connectivity index (χ0n) is 20.6. The molecule has 6 heteroatoms. The summed E-state index contributed by atoms with van der Waals surface area (Å²) in [7, 11) is -3.92. The van der Waals surface area contributed by atoms with Gasteiger partial charge in [0.25, 0.3) is 10.1 Å². The monoisotopic (exact) mass is 501 g/mol. The lowest BCUT2D eigenvalue weighted by atomic mass is 10.0. The normalized spacial score (nSPS) is 11.3. The van der Waals surface area contributed by atoms with Crippen LogP contribution >= 0.6 is 0 Å². The van der Waals surface area contributed by atoms with Crippen LogP contribution in [0.3, 0.4) is 0 Å². The van der Waals surface area contributed by atoms with Gasteiger partial charge in [0.1, 0.15) is 5.75 Å². The van der Waals surface area contributed by atoms with Crippen molar-refractivity contribution >= 4 is 27.2 Å². The van der Waals surface area contributed by atoms with Crippen molar-refractivity contribution in [1.82, 2.24) is 0 Å². The van der Waals surface area contributed by atoms with E-state index in [1.165, 1.54) is 22.3 Å². The molecule has 0 heterocycles. The summed E-state index contributed by atoms with van der Waals surface area (Å²) in [6, 6.07) is 33.4. The third-order valence-corrected chi connectivity index (χ3v) is 6.77. The molecule has 0 fully saturated rings. The highest BCUT2D eigenvalue weighted by molar-refractivity contribution is 7.85. The van der Waals surface area contributed by atoms with Crippen LogP contribution in [-0.4, -0.2) is 25.3 Å². The van der Waals surface area contributed by atoms with Gasteiger partial charge < -0.3 is 9.64 Å².